The van der Waals surface area contributed by atoms with E-state index in [1.165, 1.54) is 10.5 Å². The van der Waals surface area contributed by atoms with Crippen LogP contribution in [0.1, 0.15) is 90.9 Å². The summed E-state index contributed by atoms with van der Waals surface area (Å²) in [4.78, 5) is 50.1. The van der Waals surface area contributed by atoms with Crippen molar-refractivity contribution in [2.45, 2.75) is 103 Å². The number of nitrogens with zero attached hydrogens (tertiary/aromatic N) is 1. The van der Waals surface area contributed by atoms with E-state index in [-0.39, 0.29) is 47.4 Å². The number of ketones is 1. The molecular weight excluding hydrogens is 446 g/mol. The number of carboxylic acid groups (broad SMARTS) is 1. The number of hydrogen-bond donors (Lipinski definition) is 1. The molecule has 1 amide bonds. The van der Waals surface area contributed by atoms with Gasteiger partial charge in [-0.25, -0.2) is 4.79 Å². The van der Waals surface area contributed by atoms with Crippen molar-refractivity contribution in [1.29, 1.82) is 0 Å². The van der Waals surface area contributed by atoms with Gasteiger partial charge in [0.25, 0.3) is 0 Å². The van der Waals surface area contributed by atoms with E-state index in [1.54, 1.807) is 0 Å². The second-order valence-electron chi connectivity index (χ2n) is 12.2. The number of hydrogen-bond acceptors (Lipinski definition) is 5. The van der Waals surface area contributed by atoms with Crippen LogP contribution in [0.25, 0.3) is 0 Å². The van der Waals surface area contributed by atoms with E-state index in [9.17, 15) is 24.3 Å². The van der Waals surface area contributed by atoms with Crippen molar-refractivity contribution in [2.75, 3.05) is 6.54 Å². The number of carboxylic acids is 1. The van der Waals surface area contributed by atoms with Gasteiger partial charge in [-0.05, 0) is 87.0 Å². The van der Waals surface area contributed by atoms with Gasteiger partial charge in [0.15, 0.2) is 5.78 Å². The molecule has 3 saturated carbocycles. The van der Waals surface area contributed by atoms with E-state index >= 15 is 0 Å². The number of amides is 1. The zero-order valence-electron chi connectivity index (χ0n) is 21.1. The van der Waals surface area contributed by atoms with E-state index in [4.69, 9.17) is 4.74 Å². The van der Waals surface area contributed by atoms with Crippen LogP contribution >= 0.6 is 0 Å². The fourth-order valence-corrected chi connectivity index (χ4v) is 8.60. The minimum atomic E-state index is -0.974. The van der Waals surface area contributed by atoms with Crippen molar-refractivity contribution in [3.8, 4) is 0 Å². The molecule has 0 bridgehead atoms. The van der Waals surface area contributed by atoms with E-state index in [1.807, 2.05) is 6.08 Å². The number of rotatable bonds is 5. The molecule has 1 saturated heterocycles. The summed E-state index contributed by atoms with van der Waals surface area (Å²) in [5.41, 5.74) is 1.47. The number of ether oxygens (including phenoxy) is 1. The lowest BCUT2D eigenvalue weighted by molar-refractivity contribution is -0.161. The highest BCUT2D eigenvalue weighted by Crippen LogP contribution is 2.65. The fraction of sp³-hybridized carbons (Fsp3) is 0.786. The third-order valence-corrected chi connectivity index (χ3v) is 10.5. The SMILES string of the molecule is C[C@]12CC[C@@H]3[C@H](CCC4=CC(=O)CC[C@@]43C)[C@@H]1CC[C@@H]2OC(=O)CCC(=O)N1CCC[C@@H]1C(=O)O. The first-order chi connectivity index (χ1) is 16.6. The average Bonchev–Trinajstić information content (AvgIpc) is 3.43. The van der Waals surface area contributed by atoms with E-state index in [0.717, 1.165) is 44.9 Å². The molecule has 4 fully saturated rings. The maximum Gasteiger partial charge on any atom is 0.326 e. The van der Waals surface area contributed by atoms with Crippen molar-refractivity contribution < 1.29 is 29.0 Å². The minimum absolute atomic E-state index is 0.00519. The monoisotopic (exact) mass is 485 g/mol. The normalized spacial score (nSPS) is 40.4. The molecule has 7 atom stereocenters. The van der Waals surface area contributed by atoms with Crippen molar-refractivity contribution in [3.63, 3.8) is 0 Å². The lowest BCUT2D eigenvalue weighted by Crippen LogP contribution is -2.51. The third kappa shape index (κ3) is 4.13. The predicted octanol–water partition coefficient (Wildman–Crippen LogP) is 4.29. The first kappa shape index (κ1) is 24.5. The summed E-state index contributed by atoms with van der Waals surface area (Å²) in [6, 6.07) is -0.766. The van der Waals surface area contributed by atoms with Crippen LogP contribution in [0.2, 0.25) is 0 Å². The molecule has 5 rings (SSSR count). The molecular formula is C28H39NO6. The second-order valence-corrected chi connectivity index (χ2v) is 12.2. The summed E-state index contributed by atoms with van der Waals surface area (Å²) in [5, 5.41) is 9.31. The molecule has 1 N–H and O–H groups in total. The van der Waals surface area contributed by atoms with Crippen molar-refractivity contribution in [1.82, 2.24) is 4.90 Å². The van der Waals surface area contributed by atoms with Crippen LogP contribution in [0, 0.1) is 28.6 Å². The Hall–Kier alpha value is -2.18. The molecule has 0 spiro atoms. The second kappa shape index (κ2) is 9.04. The number of aliphatic carboxylic acids is 1. The summed E-state index contributed by atoms with van der Waals surface area (Å²) in [6.07, 6.45) is 10.8. The molecule has 5 aliphatic rings. The summed E-state index contributed by atoms with van der Waals surface area (Å²) >= 11 is 0. The number of carbonyl (C=O) groups is 4. The highest BCUT2D eigenvalue weighted by Gasteiger charge is 2.60. The van der Waals surface area contributed by atoms with Gasteiger partial charge < -0.3 is 14.7 Å². The molecule has 7 heteroatoms. The Morgan fingerprint density at radius 3 is 2.60 bits per heavy atom. The minimum Gasteiger partial charge on any atom is -0.480 e. The Morgan fingerprint density at radius 1 is 1.03 bits per heavy atom. The topological polar surface area (TPSA) is 101 Å². The molecule has 1 aliphatic heterocycles. The van der Waals surface area contributed by atoms with Crippen LogP contribution in [0.5, 0.6) is 0 Å². The van der Waals surface area contributed by atoms with Crippen molar-refractivity contribution >= 4 is 23.6 Å². The van der Waals surface area contributed by atoms with Gasteiger partial charge in [-0.1, -0.05) is 19.4 Å². The molecule has 0 radical (unpaired) electrons. The van der Waals surface area contributed by atoms with Gasteiger partial charge >= 0.3 is 11.9 Å². The highest BCUT2D eigenvalue weighted by atomic mass is 16.5. The summed E-state index contributed by atoms with van der Waals surface area (Å²) < 4.78 is 6.01. The molecule has 35 heavy (non-hydrogen) atoms. The summed E-state index contributed by atoms with van der Waals surface area (Å²) in [6.45, 7) is 5.12. The number of likely N-dealkylation sites (tertiary alicyclic amines) is 1. The maximum absolute atomic E-state index is 12.8. The molecule has 192 valence electrons. The number of allylic oxidation sites excluding steroid dienone is 1. The van der Waals surface area contributed by atoms with Gasteiger partial charge in [-0.2, -0.15) is 0 Å². The van der Waals surface area contributed by atoms with Gasteiger partial charge in [0.1, 0.15) is 12.1 Å². The van der Waals surface area contributed by atoms with Crippen LogP contribution in [0.3, 0.4) is 0 Å². The largest absolute Gasteiger partial charge is 0.480 e. The fourth-order valence-electron chi connectivity index (χ4n) is 8.60. The predicted molar refractivity (Wildman–Crippen MR) is 128 cm³/mol. The van der Waals surface area contributed by atoms with Crippen LogP contribution in [-0.4, -0.2) is 52.3 Å². The smallest absolute Gasteiger partial charge is 0.326 e. The third-order valence-electron chi connectivity index (χ3n) is 10.5. The zero-order valence-corrected chi connectivity index (χ0v) is 21.1. The van der Waals surface area contributed by atoms with E-state index in [0.29, 0.717) is 43.6 Å². The lowest BCUT2D eigenvalue weighted by atomic mass is 9.47. The summed E-state index contributed by atoms with van der Waals surface area (Å²) in [7, 11) is 0. The zero-order chi connectivity index (χ0) is 25.0. The molecule has 7 nitrogen and oxygen atoms in total. The van der Waals surface area contributed by atoms with E-state index < -0.39 is 12.0 Å². The first-order valence-corrected chi connectivity index (χ1v) is 13.6. The number of carbonyl (C=O) groups excluding carboxylic acids is 3. The van der Waals surface area contributed by atoms with Crippen LogP contribution < -0.4 is 0 Å². The molecule has 4 aliphatic carbocycles. The molecule has 0 unspecified atom stereocenters. The Kier molecular flexibility index (Phi) is 6.33. The van der Waals surface area contributed by atoms with Crippen molar-refractivity contribution in [3.05, 3.63) is 11.6 Å². The first-order valence-electron chi connectivity index (χ1n) is 13.6. The molecule has 0 aromatic heterocycles. The number of fused-ring (bicyclic) bond motifs is 5. The van der Waals surface area contributed by atoms with Gasteiger partial charge in [-0.15, -0.1) is 0 Å². The average molecular weight is 486 g/mol. The van der Waals surface area contributed by atoms with Crippen molar-refractivity contribution in [2.24, 2.45) is 28.6 Å². The van der Waals surface area contributed by atoms with Crippen LogP contribution in [0.15, 0.2) is 11.6 Å². The Morgan fingerprint density at radius 2 is 1.83 bits per heavy atom. The van der Waals surface area contributed by atoms with Crippen LogP contribution in [-0.2, 0) is 23.9 Å². The highest BCUT2D eigenvalue weighted by molar-refractivity contribution is 5.91. The Labute approximate surface area is 207 Å². The molecule has 0 aromatic rings. The molecule has 0 aromatic carbocycles. The summed E-state index contributed by atoms with van der Waals surface area (Å²) in [5.74, 6) is 0.431. The Bertz CT molecular complexity index is 957. The maximum atomic E-state index is 12.8. The van der Waals surface area contributed by atoms with Gasteiger partial charge in [0.2, 0.25) is 5.91 Å². The standard InChI is InChI=1S/C28H39NO6/c1-27-13-11-18(30)16-17(27)5-6-19-20-7-8-23(28(20,2)14-12-21(19)27)35-25(32)10-9-24(31)29-15-3-4-22(29)26(33)34/h16,19-23H,3-15H2,1-2H3,(H,33,34)/t19-,20+,21-,22-,23+,27+,28+/m1/s1. The lowest BCUT2D eigenvalue weighted by Gasteiger charge is -2.57. The molecule has 1 heterocycles. The van der Waals surface area contributed by atoms with E-state index in [2.05, 4.69) is 13.8 Å². The Balaban J connectivity index is 1.20. The number of esters is 1. The van der Waals surface area contributed by atoms with Gasteiger partial charge in [0.05, 0.1) is 6.42 Å². The van der Waals surface area contributed by atoms with Gasteiger partial charge in [0, 0.05) is 24.8 Å². The van der Waals surface area contributed by atoms with Crippen LogP contribution in [0.4, 0.5) is 0 Å². The quantitative estimate of drug-likeness (QED) is 0.583. The van der Waals surface area contributed by atoms with Gasteiger partial charge in [-0.3, -0.25) is 14.4 Å².